The molecule has 0 N–H and O–H groups in total. The van der Waals surface area contributed by atoms with Crippen molar-refractivity contribution < 1.29 is 0 Å². The summed E-state index contributed by atoms with van der Waals surface area (Å²) in [4.78, 5) is 4.43. The minimum absolute atomic E-state index is 0.353. The van der Waals surface area contributed by atoms with Crippen molar-refractivity contribution in [2.75, 3.05) is 0 Å². The first-order valence-electron chi connectivity index (χ1n) is 5.08. The van der Waals surface area contributed by atoms with Gasteiger partial charge in [0.15, 0.2) is 0 Å². The molecule has 1 heteroatoms. The third kappa shape index (κ3) is 3.17. The number of hydrogen-bond donors (Lipinski definition) is 0. The molecule has 1 nitrogen and oxygen atoms in total. The van der Waals surface area contributed by atoms with E-state index in [4.69, 9.17) is 0 Å². The van der Waals surface area contributed by atoms with Crippen LogP contribution in [0.1, 0.15) is 20.3 Å². The Kier molecular flexibility index (Phi) is 4.70. The van der Waals surface area contributed by atoms with E-state index in [0.29, 0.717) is 5.92 Å². The summed E-state index contributed by atoms with van der Waals surface area (Å²) < 4.78 is 0. The molecule has 0 spiro atoms. The van der Waals surface area contributed by atoms with Gasteiger partial charge in [0, 0.05) is 17.8 Å². The number of aliphatic imine (C=N–C) groups is 1. The van der Waals surface area contributed by atoms with Gasteiger partial charge < -0.3 is 0 Å². The fraction of sp³-hybridized carbons (Fsp3) is 0.308. The quantitative estimate of drug-likeness (QED) is 0.598. The van der Waals surface area contributed by atoms with Crippen LogP contribution in [0.3, 0.4) is 0 Å². The van der Waals surface area contributed by atoms with Gasteiger partial charge in [-0.05, 0) is 13.3 Å². The molecule has 0 saturated heterocycles. The predicted octanol–water partition coefficient (Wildman–Crippen LogP) is 3.67. The molecular formula is C13H17N. The first-order valence-corrected chi connectivity index (χ1v) is 5.08. The molecule has 0 unspecified atom stereocenters. The molecule has 0 bridgehead atoms. The molecule has 0 aliphatic heterocycles. The Balaban J connectivity index is 2.79. The maximum atomic E-state index is 4.43. The van der Waals surface area contributed by atoms with Crippen LogP contribution in [0, 0.1) is 5.92 Å². The van der Waals surface area contributed by atoms with Gasteiger partial charge in [-0.1, -0.05) is 49.5 Å². The number of hydrogen-bond acceptors (Lipinski definition) is 1. The lowest BCUT2D eigenvalue weighted by Gasteiger charge is -2.08. The van der Waals surface area contributed by atoms with Gasteiger partial charge in [-0.3, -0.25) is 4.99 Å². The zero-order valence-corrected chi connectivity index (χ0v) is 8.85. The Labute approximate surface area is 86.2 Å². The average molecular weight is 187 g/mol. The summed E-state index contributed by atoms with van der Waals surface area (Å²) in [6.45, 7) is 4.12. The highest BCUT2D eigenvalue weighted by Gasteiger charge is 2.06. The van der Waals surface area contributed by atoms with Crippen molar-refractivity contribution in [2.45, 2.75) is 20.3 Å². The van der Waals surface area contributed by atoms with Gasteiger partial charge in [0.05, 0.1) is 0 Å². The molecule has 0 saturated carbocycles. The third-order valence-corrected chi connectivity index (χ3v) is 2.11. The Morgan fingerprint density at radius 3 is 2.36 bits per heavy atom. The summed E-state index contributed by atoms with van der Waals surface area (Å²) in [5.74, 6) is 0.353. The summed E-state index contributed by atoms with van der Waals surface area (Å²) in [5, 5.41) is 0. The van der Waals surface area contributed by atoms with Crippen molar-refractivity contribution >= 4 is 5.71 Å². The van der Waals surface area contributed by atoms with Crippen molar-refractivity contribution in [3.8, 4) is 0 Å². The van der Waals surface area contributed by atoms with Crippen LogP contribution < -0.4 is 0 Å². The molecule has 0 fully saturated rings. The lowest BCUT2D eigenvalue weighted by molar-refractivity contribution is 1.06. The Bertz CT molecular complexity index is 287. The second-order valence-electron chi connectivity index (χ2n) is 3.14. The maximum Gasteiger partial charge on any atom is 0.0339 e. The van der Waals surface area contributed by atoms with Crippen LogP contribution in [-0.2, 0) is 0 Å². The zero-order chi connectivity index (χ0) is 10.2. The van der Waals surface area contributed by atoms with Crippen LogP contribution in [0.15, 0.2) is 53.7 Å². The van der Waals surface area contributed by atoms with Crippen LogP contribution >= 0.6 is 0 Å². The molecule has 0 amide bonds. The highest BCUT2D eigenvalue weighted by Crippen LogP contribution is 2.11. The smallest absolute Gasteiger partial charge is 0.0339 e. The van der Waals surface area contributed by atoms with Crippen molar-refractivity contribution in [1.29, 1.82) is 0 Å². The summed E-state index contributed by atoms with van der Waals surface area (Å²) >= 11 is 0. The topological polar surface area (TPSA) is 12.4 Å². The molecule has 0 heterocycles. The monoisotopic (exact) mass is 187 g/mol. The Morgan fingerprint density at radius 1 is 1.21 bits per heavy atom. The van der Waals surface area contributed by atoms with Crippen molar-refractivity contribution in [1.82, 2.24) is 0 Å². The first-order chi connectivity index (χ1) is 6.88. The number of allylic oxidation sites excluding steroid dienone is 7. The van der Waals surface area contributed by atoms with Crippen LogP contribution in [0.25, 0.3) is 0 Å². The van der Waals surface area contributed by atoms with E-state index in [2.05, 4.69) is 36.2 Å². The van der Waals surface area contributed by atoms with Gasteiger partial charge >= 0.3 is 0 Å². The molecule has 1 rings (SSSR count). The summed E-state index contributed by atoms with van der Waals surface area (Å²) in [5.41, 5.74) is 1.21. The van der Waals surface area contributed by atoms with E-state index in [1.807, 2.05) is 31.4 Å². The predicted molar refractivity (Wildman–Crippen MR) is 63.5 cm³/mol. The van der Waals surface area contributed by atoms with E-state index in [-0.39, 0.29) is 0 Å². The molecule has 0 aromatic heterocycles. The van der Waals surface area contributed by atoms with E-state index in [1.54, 1.807) is 0 Å². The maximum absolute atomic E-state index is 4.43. The fourth-order valence-corrected chi connectivity index (χ4v) is 1.37. The second kappa shape index (κ2) is 6.14. The van der Waals surface area contributed by atoms with Gasteiger partial charge in [-0.15, -0.1) is 0 Å². The Morgan fingerprint density at radius 2 is 1.86 bits per heavy atom. The average Bonchev–Trinajstić information content (AvgIpc) is 2.48. The lowest BCUT2D eigenvalue weighted by atomic mass is 10.0. The van der Waals surface area contributed by atoms with Crippen molar-refractivity contribution in [3.05, 3.63) is 48.7 Å². The van der Waals surface area contributed by atoms with E-state index in [9.17, 15) is 0 Å². The standard InChI is InChI=1S/C13H17N/c1-3-11-14-13(4-2)12-9-7-5-6-8-10-12/h3,5-12H,4H2,1-2H3/b11-3-,14-13?. The highest BCUT2D eigenvalue weighted by atomic mass is 14.7. The summed E-state index contributed by atoms with van der Waals surface area (Å²) in [7, 11) is 0. The van der Waals surface area contributed by atoms with Crippen LogP contribution in [0.2, 0.25) is 0 Å². The second-order valence-corrected chi connectivity index (χ2v) is 3.14. The van der Waals surface area contributed by atoms with E-state index in [0.717, 1.165) is 6.42 Å². The van der Waals surface area contributed by atoms with Gasteiger partial charge in [0.25, 0.3) is 0 Å². The molecular weight excluding hydrogens is 170 g/mol. The fourth-order valence-electron chi connectivity index (χ4n) is 1.37. The van der Waals surface area contributed by atoms with Gasteiger partial charge in [0.2, 0.25) is 0 Å². The molecule has 0 aromatic carbocycles. The number of nitrogens with zero attached hydrogens (tertiary/aromatic N) is 1. The normalized spacial score (nSPS) is 18.0. The van der Waals surface area contributed by atoms with E-state index >= 15 is 0 Å². The molecule has 74 valence electrons. The zero-order valence-electron chi connectivity index (χ0n) is 8.85. The van der Waals surface area contributed by atoms with Crippen molar-refractivity contribution in [2.24, 2.45) is 10.9 Å². The lowest BCUT2D eigenvalue weighted by Crippen LogP contribution is -2.07. The molecule has 0 atom stereocenters. The first kappa shape index (κ1) is 10.7. The van der Waals surface area contributed by atoms with Gasteiger partial charge in [-0.25, -0.2) is 0 Å². The minimum Gasteiger partial charge on any atom is -0.265 e. The largest absolute Gasteiger partial charge is 0.265 e. The van der Waals surface area contributed by atoms with Gasteiger partial charge in [0.1, 0.15) is 0 Å². The van der Waals surface area contributed by atoms with Crippen molar-refractivity contribution in [3.63, 3.8) is 0 Å². The Hall–Kier alpha value is -1.37. The number of rotatable bonds is 3. The summed E-state index contributed by atoms with van der Waals surface area (Å²) in [6.07, 6.45) is 17.4. The molecule has 1 aliphatic carbocycles. The van der Waals surface area contributed by atoms with Crippen LogP contribution in [0.5, 0.6) is 0 Å². The SMILES string of the molecule is C/C=C\N=C(CC)C1C=CC=CC=C1. The van der Waals surface area contributed by atoms with Gasteiger partial charge in [-0.2, -0.15) is 0 Å². The molecule has 0 radical (unpaired) electrons. The van der Waals surface area contributed by atoms with E-state index in [1.165, 1.54) is 5.71 Å². The minimum atomic E-state index is 0.353. The molecule has 1 aliphatic rings. The molecule has 14 heavy (non-hydrogen) atoms. The third-order valence-electron chi connectivity index (χ3n) is 2.11. The molecule has 0 aromatic rings. The van der Waals surface area contributed by atoms with E-state index < -0.39 is 0 Å². The van der Waals surface area contributed by atoms with Crippen LogP contribution in [0.4, 0.5) is 0 Å². The highest BCUT2D eigenvalue weighted by molar-refractivity contribution is 5.90. The summed E-state index contributed by atoms with van der Waals surface area (Å²) in [6, 6.07) is 0. The van der Waals surface area contributed by atoms with Crippen LogP contribution in [-0.4, -0.2) is 5.71 Å².